The van der Waals surface area contributed by atoms with Crippen molar-refractivity contribution in [2.45, 2.75) is 40.5 Å². The van der Waals surface area contributed by atoms with Crippen molar-refractivity contribution in [2.75, 3.05) is 6.54 Å². The van der Waals surface area contributed by atoms with Crippen LogP contribution < -0.4 is 0 Å². The van der Waals surface area contributed by atoms with Crippen molar-refractivity contribution in [1.82, 2.24) is 0 Å². The maximum atomic E-state index is 4.07. The first kappa shape index (κ1) is 18.0. The summed E-state index contributed by atoms with van der Waals surface area (Å²) >= 11 is 0. The molecule has 0 heterocycles. The molecule has 1 heteroatoms. The number of allylic oxidation sites excluding steroid dienone is 1. The minimum Gasteiger partial charge on any atom is -0.298 e. The maximum Gasteiger partial charge on any atom is 0.0419 e. The van der Waals surface area contributed by atoms with Gasteiger partial charge in [0.1, 0.15) is 0 Å². The van der Waals surface area contributed by atoms with Crippen LogP contribution in [0.5, 0.6) is 0 Å². The van der Waals surface area contributed by atoms with Crippen LogP contribution in [0.2, 0.25) is 0 Å². The molecule has 0 aromatic rings. The predicted molar refractivity (Wildman–Crippen MR) is 65.7 cm³/mol. The molecular weight excluding hydrogens is 158 g/mol. The van der Waals surface area contributed by atoms with E-state index in [0.717, 1.165) is 19.4 Å². The van der Waals surface area contributed by atoms with Crippen LogP contribution in [0.3, 0.4) is 0 Å². The summed E-state index contributed by atoms with van der Waals surface area (Å²) in [5.41, 5.74) is 0. The van der Waals surface area contributed by atoms with Gasteiger partial charge in [-0.1, -0.05) is 32.9 Å². The van der Waals surface area contributed by atoms with Gasteiger partial charge in [0.15, 0.2) is 0 Å². The van der Waals surface area contributed by atoms with E-state index in [1.165, 1.54) is 0 Å². The molecule has 0 fully saturated rings. The van der Waals surface area contributed by atoms with Gasteiger partial charge in [-0.2, -0.15) is 0 Å². The quantitative estimate of drug-likeness (QED) is 0.351. The van der Waals surface area contributed by atoms with Crippen LogP contribution in [0.15, 0.2) is 30.3 Å². The number of rotatable bonds is 4. The number of hydrogen-bond acceptors (Lipinski definition) is 1. The first-order valence-electron chi connectivity index (χ1n) is 5.01. The Morgan fingerprint density at radius 3 is 2.08 bits per heavy atom. The summed E-state index contributed by atoms with van der Waals surface area (Å²) in [5.74, 6) is 0. The highest BCUT2D eigenvalue weighted by molar-refractivity contribution is 5.53. The van der Waals surface area contributed by atoms with Crippen LogP contribution in [0.4, 0.5) is 0 Å². The van der Waals surface area contributed by atoms with Gasteiger partial charge in [0.05, 0.1) is 0 Å². The first-order chi connectivity index (χ1) is 6.41. The summed E-state index contributed by atoms with van der Waals surface area (Å²) in [7, 11) is 0. The third kappa shape index (κ3) is 35.2. The summed E-state index contributed by atoms with van der Waals surface area (Å²) in [6, 6.07) is 0. The van der Waals surface area contributed by atoms with Gasteiger partial charge < -0.3 is 0 Å². The second-order valence-electron chi connectivity index (χ2n) is 1.83. The Hall–Kier alpha value is -0.850. The van der Waals surface area contributed by atoms with Crippen LogP contribution in [-0.4, -0.2) is 12.8 Å². The van der Waals surface area contributed by atoms with Gasteiger partial charge in [-0.3, -0.25) is 4.99 Å². The largest absolute Gasteiger partial charge is 0.298 e. The van der Waals surface area contributed by atoms with E-state index in [1.807, 2.05) is 27.0 Å². The zero-order valence-electron chi connectivity index (χ0n) is 9.71. The maximum absolute atomic E-state index is 4.07. The molecule has 0 spiro atoms. The fourth-order valence-corrected chi connectivity index (χ4v) is 0.563. The van der Waals surface area contributed by atoms with Crippen molar-refractivity contribution < 1.29 is 0 Å². The molecule has 0 rings (SSSR count). The lowest BCUT2D eigenvalue weighted by atomic mass is 10.3. The fraction of sp³-hybridized carbons (Fsp3) is 0.583. The van der Waals surface area contributed by atoms with Gasteiger partial charge in [-0.25, -0.2) is 0 Å². The average Bonchev–Trinajstić information content (AvgIpc) is 2.24. The fourth-order valence-electron chi connectivity index (χ4n) is 0.563. The van der Waals surface area contributed by atoms with Crippen molar-refractivity contribution in [3.63, 3.8) is 0 Å². The third-order valence-corrected chi connectivity index (χ3v) is 1.01. The lowest BCUT2D eigenvalue weighted by Gasteiger charge is -1.83. The Morgan fingerprint density at radius 1 is 1.15 bits per heavy atom. The number of nitrogens with zero attached hydrogens (tertiary/aromatic N) is 1. The topological polar surface area (TPSA) is 12.4 Å². The molecule has 0 aliphatic heterocycles. The molecule has 0 aliphatic carbocycles. The average molecular weight is 183 g/mol. The highest BCUT2D eigenvalue weighted by atomic mass is 14.7. The molecular formula is C12H25N. The van der Waals surface area contributed by atoms with E-state index < -0.39 is 0 Å². The molecule has 0 aromatic carbocycles. The van der Waals surface area contributed by atoms with E-state index in [1.54, 1.807) is 0 Å². The molecule has 1 nitrogen and oxygen atoms in total. The minimum atomic E-state index is 0.938. The van der Waals surface area contributed by atoms with E-state index >= 15 is 0 Å². The van der Waals surface area contributed by atoms with Crippen molar-refractivity contribution in [1.29, 1.82) is 0 Å². The monoisotopic (exact) mass is 183 g/mol. The van der Waals surface area contributed by atoms with Crippen LogP contribution in [0.25, 0.3) is 0 Å². The molecule has 0 radical (unpaired) electrons. The molecule has 0 atom stereocenters. The predicted octanol–water partition coefficient (Wildman–Crippen LogP) is 4.26. The molecule has 78 valence electrons. The Labute approximate surface area is 84.3 Å². The van der Waals surface area contributed by atoms with Crippen molar-refractivity contribution in [3.8, 4) is 0 Å². The van der Waals surface area contributed by atoms with E-state index in [2.05, 4.69) is 37.2 Å². The Kier molecular flexibility index (Phi) is 42.1. The molecule has 0 aliphatic rings. The SMILES string of the molecule is C=C.CC.CC=NCC/C=C\CC. The van der Waals surface area contributed by atoms with Gasteiger partial charge in [-0.15, -0.1) is 13.2 Å². The van der Waals surface area contributed by atoms with E-state index in [-0.39, 0.29) is 0 Å². The normalized spacial score (nSPS) is 8.92. The Morgan fingerprint density at radius 2 is 1.69 bits per heavy atom. The summed E-state index contributed by atoms with van der Waals surface area (Å²) in [6.07, 6.45) is 8.41. The molecule has 0 aromatic heterocycles. The molecule has 0 unspecified atom stereocenters. The van der Waals surface area contributed by atoms with Crippen molar-refractivity contribution in [2.24, 2.45) is 4.99 Å². The Bertz CT molecular complexity index is 104. The highest BCUT2D eigenvalue weighted by Crippen LogP contribution is 1.85. The minimum absolute atomic E-state index is 0.938. The number of hydrogen-bond donors (Lipinski definition) is 0. The molecule has 0 amide bonds. The highest BCUT2D eigenvalue weighted by Gasteiger charge is 1.72. The molecule has 0 saturated carbocycles. The smallest absolute Gasteiger partial charge is 0.0419 e. The van der Waals surface area contributed by atoms with Gasteiger partial charge >= 0.3 is 0 Å². The molecule has 0 bridgehead atoms. The first-order valence-corrected chi connectivity index (χ1v) is 5.01. The molecule has 0 N–H and O–H groups in total. The lowest BCUT2D eigenvalue weighted by molar-refractivity contribution is 1.00. The van der Waals surface area contributed by atoms with Gasteiger partial charge in [0.2, 0.25) is 0 Å². The second kappa shape index (κ2) is 30.4. The third-order valence-electron chi connectivity index (χ3n) is 1.01. The van der Waals surface area contributed by atoms with Crippen molar-refractivity contribution >= 4 is 6.21 Å². The van der Waals surface area contributed by atoms with Crippen LogP contribution in [0.1, 0.15) is 40.5 Å². The number of aliphatic imine (C=N–C) groups is 1. The standard InChI is InChI=1S/C8H15N.C2H6.C2H4/c1-3-5-6-7-8-9-4-2;2*1-2/h4-6H,3,7-8H2,1-2H3;1-2H3;1-2H2/b6-5-,9-4?;;. The second-order valence-corrected chi connectivity index (χ2v) is 1.83. The van der Waals surface area contributed by atoms with Crippen LogP contribution in [0, 0.1) is 0 Å². The summed E-state index contributed by atoms with van der Waals surface area (Å²) in [6.45, 7) is 15.0. The van der Waals surface area contributed by atoms with Gasteiger partial charge in [0.25, 0.3) is 0 Å². The van der Waals surface area contributed by atoms with Crippen LogP contribution in [-0.2, 0) is 0 Å². The van der Waals surface area contributed by atoms with E-state index in [4.69, 9.17) is 0 Å². The van der Waals surface area contributed by atoms with Gasteiger partial charge in [0, 0.05) is 6.54 Å². The zero-order valence-corrected chi connectivity index (χ0v) is 9.71. The van der Waals surface area contributed by atoms with E-state index in [9.17, 15) is 0 Å². The molecule has 13 heavy (non-hydrogen) atoms. The van der Waals surface area contributed by atoms with Gasteiger partial charge in [-0.05, 0) is 26.0 Å². The zero-order chi connectivity index (χ0) is 10.9. The van der Waals surface area contributed by atoms with Crippen molar-refractivity contribution in [3.05, 3.63) is 25.3 Å². The Balaban J connectivity index is -0.000000218. The summed E-state index contributed by atoms with van der Waals surface area (Å²) < 4.78 is 0. The summed E-state index contributed by atoms with van der Waals surface area (Å²) in [5, 5.41) is 0. The van der Waals surface area contributed by atoms with Crippen LogP contribution >= 0.6 is 0 Å². The lowest BCUT2D eigenvalue weighted by Crippen LogP contribution is -1.74. The molecule has 0 saturated heterocycles. The van der Waals surface area contributed by atoms with E-state index in [0.29, 0.717) is 0 Å². The summed E-state index contributed by atoms with van der Waals surface area (Å²) in [4.78, 5) is 4.07.